The van der Waals surface area contributed by atoms with E-state index in [1.54, 1.807) is 6.07 Å². The van der Waals surface area contributed by atoms with Crippen LogP contribution in [0, 0.1) is 10.1 Å². The van der Waals surface area contributed by atoms with Gasteiger partial charge in [-0.05, 0) is 18.6 Å². The van der Waals surface area contributed by atoms with Crippen molar-refractivity contribution in [1.82, 2.24) is 4.98 Å². The quantitative estimate of drug-likeness (QED) is 0.644. The lowest BCUT2D eigenvalue weighted by atomic mass is 10.1. The fourth-order valence-corrected chi connectivity index (χ4v) is 2.66. The first kappa shape index (κ1) is 14.5. The van der Waals surface area contributed by atoms with Crippen molar-refractivity contribution in [2.45, 2.75) is 19.1 Å². The van der Waals surface area contributed by atoms with Crippen molar-refractivity contribution < 1.29 is 9.66 Å². The Morgan fingerprint density at radius 3 is 2.64 bits per heavy atom. The minimum absolute atomic E-state index is 0.00432. The van der Waals surface area contributed by atoms with Gasteiger partial charge in [0.15, 0.2) is 0 Å². The van der Waals surface area contributed by atoms with Gasteiger partial charge in [-0.3, -0.25) is 10.1 Å². The highest BCUT2D eigenvalue weighted by atomic mass is 16.6. The highest BCUT2D eigenvalue weighted by molar-refractivity contribution is 5.44. The van der Waals surface area contributed by atoms with Gasteiger partial charge in [-0.2, -0.15) is 0 Å². The molecular formula is C16H17N3O3. The summed E-state index contributed by atoms with van der Waals surface area (Å²) in [4.78, 5) is 16.6. The van der Waals surface area contributed by atoms with Crippen LogP contribution in [-0.2, 0) is 4.74 Å². The maximum Gasteiger partial charge on any atom is 0.287 e. The van der Waals surface area contributed by atoms with E-state index in [1.807, 2.05) is 37.3 Å². The normalized spacial score (nSPS) is 21.6. The average Bonchev–Trinajstić information content (AvgIpc) is 2.55. The van der Waals surface area contributed by atoms with E-state index in [0.717, 1.165) is 11.4 Å². The molecule has 0 bridgehead atoms. The molecule has 0 saturated carbocycles. The van der Waals surface area contributed by atoms with Gasteiger partial charge in [0, 0.05) is 19.2 Å². The SMILES string of the molecule is CC1CN(c2ccc([N+](=O)[O-])cn2)CC(c2ccccc2)O1. The molecule has 2 aromatic rings. The van der Waals surface area contributed by atoms with Crippen molar-refractivity contribution >= 4 is 11.5 Å². The molecule has 0 aliphatic carbocycles. The molecule has 2 atom stereocenters. The molecular weight excluding hydrogens is 282 g/mol. The molecule has 2 heterocycles. The molecule has 1 aliphatic heterocycles. The van der Waals surface area contributed by atoms with Crippen LogP contribution in [0.4, 0.5) is 11.5 Å². The van der Waals surface area contributed by atoms with Gasteiger partial charge in [-0.15, -0.1) is 0 Å². The van der Waals surface area contributed by atoms with Crippen molar-refractivity contribution in [3.05, 3.63) is 64.3 Å². The van der Waals surface area contributed by atoms with Crippen molar-refractivity contribution in [2.24, 2.45) is 0 Å². The summed E-state index contributed by atoms with van der Waals surface area (Å²) < 4.78 is 6.01. The lowest BCUT2D eigenvalue weighted by molar-refractivity contribution is -0.385. The highest BCUT2D eigenvalue weighted by Crippen LogP contribution is 2.28. The number of nitrogens with zero attached hydrogens (tertiary/aromatic N) is 3. The molecule has 114 valence electrons. The smallest absolute Gasteiger partial charge is 0.287 e. The highest BCUT2D eigenvalue weighted by Gasteiger charge is 2.27. The molecule has 0 radical (unpaired) electrons. The Morgan fingerprint density at radius 1 is 1.23 bits per heavy atom. The molecule has 1 fully saturated rings. The number of aromatic nitrogens is 1. The Hall–Kier alpha value is -2.47. The van der Waals surface area contributed by atoms with Gasteiger partial charge in [0.05, 0.1) is 11.0 Å². The molecule has 1 aliphatic rings. The summed E-state index contributed by atoms with van der Waals surface area (Å²) in [5.41, 5.74) is 1.13. The monoisotopic (exact) mass is 299 g/mol. The summed E-state index contributed by atoms with van der Waals surface area (Å²) in [6.07, 6.45) is 1.34. The fourth-order valence-electron chi connectivity index (χ4n) is 2.66. The van der Waals surface area contributed by atoms with E-state index in [0.29, 0.717) is 13.1 Å². The second-order valence-electron chi connectivity index (χ2n) is 5.38. The summed E-state index contributed by atoms with van der Waals surface area (Å²) in [6, 6.07) is 13.2. The maximum absolute atomic E-state index is 10.7. The van der Waals surface area contributed by atoms with Crippen molar-refractivity contribution in [2.75, 3.05) is 18.0 Å². The van der Waals surface area contributed by atoms with Gasteiger partial charge in [-0.25, -0.2) is 4.98 Å². The molecule has 0 spiro atoms. The topological polar surface area (TPSA) is 68.5 Å². The van der Waals surface area contributed by atoms with Gasteiger partial charge in [0.25, 0.3) is 5.69 Å². The molecule has 1 saturated heterocycles. The first-order valence-corrected chi connectivity index (χ1v) is 7.19. The van der Waals surface area contributed by atoms with E-state index in [9.17, 15) is 10.1 Å². The van der Waals surface area contributed by atoms with Gasteiger partial charge < -0.3 is 9.64 Å². The van der Waals surface area contributed by atoms with Gasteiger partial charge in [0.2, 0.25) is 0 Å². The minimum Gasteiger partial charge on any atom is -0.367 e. The molecule has 1 aromatic carbocycles. The van der Waals surface area contributed by atoms with Gasteiger partial charge >= 0.3 is 0 Å². The van der Waals surface area contributed by atoms with Crippen LogP contribution in [0.1, 0.15) is 18.6 Å². The molecule has 6 heteroatoms. The standard InChI is InChI=1S/C16H17N3O3/c1-12-10-18(16-8-7-14(9-17-16)19(20)21)11-15(22-12)13-5-3-2-4-6-13/h2-9,12,15H,10-11H2,1H3. The lowest BCUT2D eigenvalue weighted by Gasteiger charge is -2.37. The predicted molar refractivity (Wildman–Crippen MR) is 82.8 cm³/mol. The number of hydrogen-bond acceptors (Lipinski definition) is 5. The average molecular weight is 299 g/mol. The maximum atomic E-state index is 10.7. The zero-order valence-electron chi connectivity index (χ0n) is 12.3. The number of nitro groups is 1. The number of rotatable bonds is 3. The third-order valence-electron chi connectivity index (χ3n) is 3.70. The number of morpholine rings is 1. The molecule has 1 aromatic heterocycles. The summed E-state index contributed by atoms with van der Waals surface area (Å²) in [7, 11) is 0. The number of pyridine rings is 1. The third kappa shape index (κ3) is 3.07. The molecule has 22 heavy (non-hydrogen) atoms. The lowest BCUT2D eigenvalue weighted by Crippen LogP contribution is -2.43. The van der Waals surface area contributed by atoms with E-state index < -0.39 is 4.92 Å². The zero-order chi connectivity index (χ0) is 15.5. The molecule has 0 N–H and O–H groups in total. The van der Waals surface area contributed by atoms with E-state index >= 15 is 0 Å². The second-order valence-corrected chi connectivity index (χ2v) is 5.38. The first-order chi connectivity index (χ1) is 10.6. The predicted octanol–water partition coefficient (Wildman–Crippen LogP) is 2.96. The van der Waals surface area contributed by atoms with E-state index in [1.165, 1.54) is 12.3 Å². The van der Waals surface area contributed by atoms with Crippen LogP contribution in [0.5, 0.6) is 0 Å². The van der Waals surface area contributed by atoms with E-state index in [2.05, 4.69) is 9.88 Å². The Bertz CT molecular complexity index is 645. The number of anilines is 1. The largest absolute Gasteiger partial charge is 0.367 e. The number of ether oxygens (including phenoxy) is 1. The Balaban J connectivity index is 1.80. The van der Waals surface area contributed by atoms with Crippen molar-refractivity contribution in [1.29, 1.82) is 0 Å². The van der Waals surface area contributed by atoms with Crippen LogP contribution >= 0.6 is 0 Å². The fraction of sp³-hybridized carbons (Fsp3) is 0.312. The van der Waals surface area contributed by atoms with Gasteiger partial charge in [0.1, 0.15) is 18.1 Å². The van der Waals surface area contributed by atoms with E-state index in [4.69, 9.17) is 4.74 Å². The van der Waals surface area contributed by atoms with Crippen LogP contribution < -0.4 is 4.90 Å². The Morgan fingerprint density at radius 2 is 2.00 bits per heavy atom. The Labute approximate surface area is 128 Å². The van der Waals surface area contributed by atoms with Crippen LogP contribution in [0.2, 0.25) is 0 Å². The zero-order valence-corrected chi connectivity index (χ0v) is 12.3. The third-order valence-corrected chi connectivity index (χ3v) is 3.70. The molecule has 0 amide bonds. The van der Waals surface area contributed by atoms with Crippen molar-refractivity contribution in [3.63, 3.8) is 0 Å². The Kier molecular flexibility index (Phi) is 4.02. The summed E-state index contributed by atoms with van der Waals surface area (Å²) >= 11 is 0. The van der Waals surface area contributed by atoms with Crippen molar-refractivity contribution in [3.8, 4) is 0 Å². The number of hydrogen-bond donors (Lipinski definition) is 0. The summed E-state index contributed by atoms with van der Waals surface area (Å²) in [6.45, 7) is 3.42. The van der Waals surface area contributed by atoms with Crippen LogP contribution in [0.3, 0.4) is 0 Å². The van der Waals surface area contributed by atoms with Crippen LogP contribution in [0.15, 0.2) is 48.7 Å². The number of benzene rings is 1. The second kappa shape index (κ2) is 6.11. The van der Waals surface area contributed by atoms with Crippen LogP contribution in [-0.4, -0.2) is 29.1 Å². The molecule has 2 unspecified atom stereocenters. The summed E-state index contributed by atoms with van der Waals surface area (Å²) in [5.74, 6) is 0.738. The van der Waals surface area contributed by atoms with Crippen LogP contribution in [0.25, 0.3) is 0 Å². The molecule has 6 nitrogen and oxygen atoms in total. The summed E-state index contributed by atoms with van der Waals surface area (Å²) in [5, 5.41) is 10.7. The minimum atomic E-state index is -0.439. The molecule has 3 rings (SSSR count). The first-order valence-electron chi connectivity index (χ1n) is 7.19. The van der Waals surface area contributed by atoms with E-state index in [-0.39, 0.29) is 17.9 Å². The van der Waals surface area contributed by atoms with Gasteiger partial charge in [-0.1, -0.05) is 30.3 Å².